The molecular formula is C11H13N5O2S. The van der Waals surface area contributed by atoms with E-state index < -0.39 is 5.60 Å². The average molecular weight is 279 g/mol. The molecule has 1 saturated heterocycles. The summed E-state index contributed by atoms with van der Waals surface area (Å²) < 4.78 is 1.47. The highest BCUT2D eigenvalue weighted by molar-refractivity contribution is 7.12. The number of aromatic nitrogens is 4. The molecule has 7 nitrogen and oxygen atoms in total. The van der Waals surface area contributed by atoms with E-state index in [-0.39, 0.29) is 5.91 Å². The van der Waals surface area contributed by atoms with E-state index >= 15 is 0 Å². The number of carbonyl (C=O) groups excluding carboxylic acids is 1. The van der Waals surface area contributed by atoms with Gasteiger partial charge in [0, 0.05) is 0 Å². The SMILES string of the molecule is CCC1(O)CN(C(=O)c2sccc2-n2cnnn2)C1. The number of β-amino-alcohol motifs (C(OH)–C–C–N with tert-alkyl or cyclic N) is 1. The van der Waals surface area contributed by atoms with E-state index in [0.29, 0.717) is 30.1 Å². The molecule has 1 aliphatic rings. The third-order valence-corrected chi connectivity index (χ3v) is 4.24. The third kappa shape index (κ3) is 2.02. The van der Waals surface area contributed by atoms with E-state index in [1.165, 1.54) is 22.3 Å². The monoisotopic (exact) mass is 279 g/mol. The first kappa shape index (κ1) is 12.2. The van der Waals surface area contributed by atoms with Crippen LogP contribution in [0.2, 0.25) is 0 Å². The molecule has 100 valence electrons. The van der Waals surface area contributed by atoms with Crippen molar-refractivity contribution in [3.05, 3.63) is 22.7 Å². The van der Waals surface area contributed by atoms with E-state index in [0.717, 1.165) is 0 Å². The van der Waals surface area contributed by atoms with E-state index in [1.807, 2.05) is 12.3 Å². The highest BCUT2D eigenvalue weighted by atomic mass is 32.1. The Morgan fingerprint density at radius 3 is 3.00 bits per heavy atom. The van der Waals surface area contributed by atoms with Gasteiger partial charge in [-0.05, 0) is 28.3 Å². The molecule has 1 N–H and O–H groups in total. The van der Waals surface area contributed by atoms with Crippen LogP contribution >= 0.6 is 11.3 Å². The Morgan fingerprint density at radius 1 is 1.58 bits per heavy atom. The van der Waals surface area contributed by atoms with Crippen molar-refractivity contribution in [1.82, 2.24) is 25.1 Å². The molecular weight excluding hydrogens is 266 g/mol. The Balaban J connectivity index is 1.81. The summed E-state index contributed by atoms with van der Waals surface area (Å²) in [5.74, 6) is -0.0846. The topological polar surface area (TPSA) is 84.1 Å². The molecule has 0 atom stereocenters. The zero-order chi connectivity index (χ0) is 13.5. The highest BCUT2D eigenvalue weighted by Crippen LogP contribution is 2.29. The molecule has 0 unspecified atom stereocenters. The number of carbonyl (C=O) groups is 1. The van der Waals surface area contributed by atoms with Crippen molar-refractivity contribution in [2.24, 2.45) is 0 Å². The van der Waals surface area contributed by atoms with E-state index in [4.69, 9.17) is 0 Å². The van der Waals surface area contributed by atoms with Gasteiger partial charge in [-0.1, -0.05) is 6.92 Å². The van der Waals surface area contributed by atoms with Crippen LogP contribution in [0.4, 0.5) is 0 Å². The smallest absolute Gasteiger partial charge is 0.266 e. The molecule has 19 heavy (non-hydrogen) atoms. The second-order valence-electron chi connectivity index (χ2n) is 4.63. The van der Waals surface area contributed by atoms with Crippen LogP contribution in [0.25, 0.3) is 5.69 Å². The van der Waals surface area contributed by atoms with Gasteiger partial charge < -0.3 is 10.0 Å². The van der Waals surface area contributed by atoms with Crippen LogP contribution in [0.3, 0.4) is 0 Å². The van der Waals surface area contributed by atoms with Gasteiger partial charge in [-0.2, -0.15) is 4.68 Å². The first-order valence-corrected chi connectivity index (χ1v) is 6.83. The summed E-state index contributed by atoms with van der Waals surface area (Å²) in [6, 6.07) is 1.81. The van der Waals surface area contributed by atoms with Crippen molar-refractivity contribution >= 4 is 17.2 Å². The molecule has 1 aliphatic heterocycles. The van der Waals surface area contributed by atoms with Crippen LogP contribution in [0.1, 0.15) is 23.0 Å². The molecule has 1 amide bonds. The predicted molar refractivity (Wildman–Crippen MR) is 68.2 cm³/mol. The number of hydrogen-bond acceptors (Lipinski definition) is 6. The average Bonchev–Trinajstić information content (AvgIpc) is 3.03. The van der Waals surface area contributed by atoms with Gasteiger partial charge in [0.2, 0.25) is 0 Å². The molecule has 1 fully saturated rings. The minimum Gasteiger partial charge on any atom is -0.386 e. The highest BCUT2D eigenvalue weighted by Gasteiger charge is 2.43. The molecule has 0 spiro atoms. The lowest BCUT2D eigenvalue weighted by Gasteiger charge is -2.45. The van der Waals surface area contributed by atoms with Crippen molar-refractivity contribution in [2.45, 2.75) is 18.9 Å². The Kier molecular flexibility index (Phi) is 2.83. The van der Waals surface area contributed by atoms with Gasteiger partial charge in [0.25, 0.3) is 5.91 Å². The number of aliphatic hydroxyl groups is 1. The lowest BCUT2D eigenvalue weighted by molar-refractivity contribution is -0.0825. The summed E-state index contributed by atoms with van der Waals surface area (Å²) >= 11 is 1.35. The van der Waals surface area contributed by atoms with Crippen LogP contribution < -0.4 is 0 Å². The second-order valence-corrected chi connectivity index (χ2v) is 5.54. The molecule has 8 heteroatoms. The molecule has 3 heterocycles. The fraction of sp³-hybridized carbons (Fsp3) is 0.455. The van der Waals surface area contributed by atoms with Gasteiger partial charge in [0.15, 0.2) is 0 Å². The van der Waals surface area contributed by atoms with Crippen molar-refractivity contribution < 1.29 is 9.90 Å². The first-order chi connectivity index (χ1) is 9.13. The first-order valence-electron chi connectivity index (χ1n) is 5.95. The van der Waals surface area contributed by atoms with Gasteiger partial charge in [-0.3, -0.25) is 4.79 Å². The number of thiophene rings is 1. The maximum absolute atomic E-state index is 12.4. The normalized spacial score (nSPS) is 17.3. The van der Waals surface area contributed by atoms with E-state index in [9.17, 15) is 9.90 Å². The maximum atomic E-state index is 12.4. The summed E-state index contributed by atoms with van der Waals surface area (Å²) in [5.41, 5.74) is -0.0473. The summed E-state index contributed by atoms with van der Waals surface area (Å²) in [6.45, 7) is 2.68. The van der Waals surface area contributed by atoms with Crippen molar-refractivity contribution in [2.75, 3.05) is 13.1 Å². The van der Waals surface area contributed by atoms with Crippen molar-refractivity contribution in [3.8, 4) is 5.69 Å². The molecule has 0 bridgehead atoms. The zero-order valence-corrected chi connectivity index (χ0v) is 11.2. The van der Waals surface area contributed by atoms with Gasteiger partial charge >= 0.3 is 0 Å². The number of rotatable bonds is 3. The van der Waals surface area contributed by atoms with Gasteiger partial charge in [-0.25, -0.2) is 0 Å². The summed E-state index contributed by atoms with van der Waals surface area (Å²) in [4.78, 5) is 14.6. The maximum Gasteiger partial charge on any atom is 0.266 e. The molecule has 0 aliphatic carbocycles. The standard InChI is InChI=1S/C11H13N5O2S/c1-2-11(18)5-15(6-11)10(17)9-8(3-4-19-9)16-7-12-13-14-16/h3-4,7,18H,2,5-6H2,1H3. The van der Waals surface area contributed by atoms with Crippen LogP contribution in [0, 0.1) is 0 Å². The largest absolute Gasteiger partial charge is 0.386 e. The quantitative estimate of drug-likeness (QED) is 0.874. The lowest BCUT2D eigenvalue weighted by Crippen LogP contribution is -2.63. The molecule has 2 aromatic heterocycles. The molecule has 3 rings (SSSR count). The van der Waals surface area contributed by atoms with E-state index in [2.05, 4.69) is 15.5 Å². The minimum atomic E-state index is -0.720. The fourth-order valence-electron chi connectivity index (χ4n) is 2.09. The minimum absolute atomic E-state index is 0.0846. The fourth-order valence-corrected chi connectivity index (χ4v) is 2.93. The Bertz CT molecular complexity index is 588. The van der Waals surface area contributed by atoms with Gasteiger partial charge in [-0.15, -0.1) is 16.4 Å². The summed E-state index contributed by atoms with van der Waals surface area (Å²) in [5, 5.41) is 22.7. The van der Waals surface area contributed by atoms with Crippen LogP contribution in [0.15, 0.2) is 17.8 Å². The third-order valence-electron chi connectivity index (χ3n) is 3.35. The van der Waals surface area contributed by atoms with E-state index in [1.54, 1.807) is 11.0 Å². The Hall–Kier alpha value is -1.80. The summed E-state index contributed by atoms with van der Waals surface area (Å²) in [6.07, 6.45) is 2.11. The van der Waals surface area contributed by atoms with Gasteiger partial charge in [0.1, 0.15) is 11.2 Å². The van der Waals surface area contributed by atoms with Crippen LogP contribution in [-0.2, 0) is 0 Å². The predicted octanol–water partition coefficient (Wildman–Crippen LogP) is 0.321. The van der Waals surface area contributed by atoms with Crippen molar-refractivity contribution in [3.63, 3.8) is 0 Å². The van der Waals surface area contributed by atoms with Crippen LogP contribution in [-0.4, -0.2) is 54.8 Å². The Labute approximate surface area is 113 Å². The Morgan fingerprint density at radius 2 is 2.37 bits per heavy atom. The van der Waals surface area contributed by atoms with Crippen molar-refractivity contribution in [1.29, 1.82) is 0 Å². The molecule has 2 aromatic rings. The second kappa shape index (κ2) is 4.39. The molecule has 0 aromatic carbocycles. The number of nitrogens with zero attached hydrogens (tertiary/aromatic N) is 5. The molecule has 0 radical (unpaired) electrons. The number of likely N-dealkylation sites (tertiary alicyclic amines) is 1. The summed E-state index contributed by atoms with van der Waals surface area (Å²) in [7, 11) is 0. The zero-order valence-electron chi connectivity index (χ0n) is 10.4. The number of hydrogen-bond donors (Lipinski definition) is 1. The molecule has 0 saturated carbocycles. The number of tetrazole rings is 1. The number of amides is 1. The van der Waals surface area contributed by atoms with Crippen LogP contribution in [0.5, 0.6) is 0 Å². The van der Waals surface area contributed by atoms with Gasteiger partial charge in [0.05, 0.1) is 24.4 Å². The lowest BCUT2D eigenvalue weighted by atomic mass is 9.91.